The van der Waals surface area contributed by atoms with Gasteiger partial charge in [-0.3, -0.25) is 4.79 Å². The van der Waals surface area contributed by atoms with Crippen LogP contribution in [0.5, 0.6) is 0 Å². The summed E-state index contributed by atoms with van der Waals surface area (Å²) in [5, 5.41) is 10.3. The summed E-state index contributed by atoms with van der Waals surface area (Å²) in [4.78, 5) is 11.8. The molecule has 2 heterocycles. The van der Waals surface area contributed by atoms with Gasteiger partial charge >= 0.3 is 0 Å². The Morgan fingerprint density at radius 2 is 1.89 bits per heavy atom. The van der Waals surface area contributed by atoms with Gasteiger partial charge < -0.3 is 16.0 Å². The summed E-state index contributed by atoms with van der Waals surface area (Å²) >= 11 is 0. The zero-order chi connectivity index (χ0) is 12.4. The smallest absolute Gasteiger partial charge is 0.237 e. The van der Waals surface area contributed by atoms with Crippen LogP contribution in [0.15, 0.2) is 0 Å². The number of carbonyl (C=O) groups excluding carboxylic acids is 1. The molecule has 0 spiro atoms. The molecule has 4 atom stereocenters. The predicted molar refractivity (Wildman–Crippen MR) is 71.3 cm³/mol. The summed E-state index contributed by atoms with van der Waals surface area (Å²) in [5.74, 6) is 0.952. The highest BCUT2D eigenvalue weighted by Crippen LogP contribution is 2.32. The van der Waals surface area contributed by atoms with Crippen molar-refractivity contribution in [2.45, 2.75) is 63.1 Å². The first kappa shape index (κ1) is 12.4. The van der Waals surface area contributed by atoms with Gasteiger partial charge in [0.05, 0.1) is 6.04 Å². The lowest BCUT2D eigenvalue weighted by atomic mass is 9.92. The molecule has 3 N–H and O–H groups in total. The van der Waals surface area contributed by atoms with Gasteiger partial charge in [-0.1, -0.05) is 6.42 Å². The lowest BCUT2D eigenvalue weighted by molar-refractivity contribution is -0.124. The predicted octanol–water partition coefficient (Wildman–Crippen LogP) is 0.775. The molecule has 1 saturated carbocycles. The Hall–Kier alpha value is -0.610. The van der Waals surface area contributed by atoms with Crippen LogP contribution in [0.3, 0.4) is 0 Å². The highest BCUT2D eigenvalue weighted by atomic mass is 16.2. The number of piperidine rings is 1. The average molecular weight is 251 g/mol. The van der Waals surface area contributed by atoms with Crippen molar-refractivity contribution in [1.29, 1.82) is 0 Å². The largest absolute Gasteiger partial charge is 0.355 e. The second kappa shape index (κ2) is 5.57. The molecular weight excluding hydrogens is 226 g/mol. The van der Waals surface area contributed by atoms with Crippen molar-refractivity contribution in [1.82, 2.24) is 16.0 Å². The van der Waals surface area contributed by atoms with Gasteiger partial charge in [0, 0.05) is 18.6 Å². The third-order valence-electron chi connectivity index (χ3n) is 4.89. The number of nitrogens with one attached hydrogen (secondary N) is 3. The first-order valence-corrected chi connectivity index (χ1v) is 7.62. The molecule has 0 bridgehead atoms. The van der Waals surface area contributed by atoms with Crippen LogP contribution in [-0.2, 0) is 4.79 Å². The highest BCUT2D eigenvalue weighted by Gasteiger charge is 2.37. The van der Waals surface area contributed by atoms with E-state index >= 15 is 0 Å². The van der Waals surface area contributed by atoms with Crippen LogP contribution < -0.4 is 16.0 Å². The van der Waals surface area contributed by atoms with E-state index in [1.807, 2.05) is 0 Å². The van der Waals surface area contributed by atoms with Gasteiger partial charge in [-0.2, -0.15) is 0 Å². The van der Waals surface area contributed by atoms with Crippen molar-refractivity contribution in [2.24, 2.45) is 5.92 Å². The zero-order valence-corrected chi connectivity index (χ0v) is 11.1. The molecule has 4 heteroatoms. The fourth-order valence-electron chi connectivity index (χ4n) is 3.94. The van der Waals surface area contributed by atoms with E-state index in [1.165, 1.54) is 38.6 Å². The van der Waals surface area contributed by atoms with Crippen molar-refractivity contribution < 1.29 is 4.79 Å². The van der Waals surface area contributed by atoms with Crippen molar-refractivity contribution in [2.75, 3.05) is 13.1 Å². The molecule has 4 unspecified atom stereocenters. The van der Waals surface area contributed by atoms with E-state index in [9.17, 15) is 4.79 Å². The van der Waals surface area contributed by atoms with Gasteiger partial charge in [-0.25, -0.2) is 0 Å². The maximum Gasteiger partial charge on any atom is 0.237 e. The van der Waals surface area contributed by atoms with Crippen LogP contribution in [0, 0.1) is 5.92 Å². The van der Waals surface area contributed by atoms with Gasteiger partial charge in [0.15, 0.2) is 0 Å². The molecule has 102 valence electrons. The highest BCUT2D eigenvalue weighted by molar-refractivity contribution is 5.82. The molecule has 0 aromatic carbocycles. The summed E-state index contributed by atoms with van der Waals surface area (Å²) in [7, 11) is 0. The Balaban J connectivity index is 1.58. The minimum atomic E-state index is 0.0609. The van der Waals surface area contributed by atoms with E-state index in [1.54, 1.807) is 0 Å². The summed E-state index contributed by atoms with van der Waals surface area (Å²) in [6, 6.07) is 1.30. The second-order valence-electron chi connectivity index (χ2n) is 6.06. The van der Waals surface area contributed by atoms with Gasteiger partial charge in [-0.05, 0) is 51.0 Å². The van der Waals surface area contributed by atoms with Crippen molar-refractivity contribution in [3.63, 3.8) is 0 Å². The monoisotopic (exact) mass is 251 g/mol. The van der Waals surface area contributed by atoms with E-state index in [2.05, 4.69) is 16.0 Å². The van der Waals surface area contributed by atoms with Crippen LogP contribution in [0.25, 0.3) is 0 Å². The molecule has 18 heavy (non-hydrogen) atoms. The summed E-state index contributed by atoms with van der Waals surface area (Å²) in [5.41, 5.74) is 0. The Bertz CT molecular complexity index is 301. The van der Waals surface area contributed by atoms with E-state index in [0.29, 0.717) is 12.1 Å². The van der Waals surface area contributed by atoms with Crippen molar-refractivity contribution in [3.8, 4) is 0 Å². The molecule has 3 aliphatic rings. The molecule has 2 aliphatic heterocycles. The Morgan fingerprint density at radius 1 is 1.00 bits per heavy atom. The number of hydrogen-bond donors (Lipinski definition) is 3. The van der Waals surface area contributed by atoms with Crippen LogP contribution in [0.2, 0.25) is 0 Å². The molecule has 0 aromatic heterocycles. The van der Waals surface area contributed by atoms with Crippen LogP contribution in [-0.4, -0.2) is 37.1 Å². The molecule has 1 amide bonds. The Kier molecular flexibility index (Phi) is 3.85. The van der Waals surface area contributed by atoms with E-state index < -0.39 is 0 Å². The minimum Gasteiger partial charge on any atom is -0.355 e. The fraction of sp³-hybridized carbons (Fsp3) is 0.929. The van der Waals surface area contributed by atoms with E-state index in [-0.39, 0.29) is 11.9 Å². The molecule has 2 saturated heterocycles. The summed E-state index contributed by atoms with van der Waals surface area (Å²) in [6.07, 6.45) is 8.64. The number of amides is 1. The first-order valence-electron chi connectivity index (χ1n) is 7.62. The molecule has 4 nitrogen and oxygen atoms in total. The topological polar surface area (TPSA) is 53.2 Å². The normalized spacial score (nSPS) is 41.0. The standard InChI is InChI=1S/C14H25N3O/c18-14-13(7-3-9-16-14)17-12-5-1-4-10(12)11-6-2-8-15-11/h10-13,15,17H,1-9H2,(H,16,18). The van der Waals surface area contributed by atoms with E-state index in [0.717, 1.165) is 25.3 Å². The van der Waals surface area contributed by atoms with Crippen LogP contribution in [0.1, 0.15) is 44.9 Å². The number of carbonyl (C=O) groups is 1. The second-order valence-corrected chi connectivity index (χ2v) is 6.06. The average Bonchev–Trinajstić information content (AvgIpc) is 3.02. The lowest BCUT2D eigenvalue weighted by Gasteiger charge is -2.31. The van der Waals surface area contributed by atoms with Crippen molar-refractivity contribution >= 4 is 5.91 Å². The Morgan fingerprint density at radius 3 is 2.67 bits per heavy atom. The van der Waals surface area contributed by atoms with Gasteiger partial charge in [0.2, 0.25) is 5.91 Å². The molecule has 0 aromatic rings. The molecular formula is C14H25N3O. The minimum absolute atomic E-state index is 0.0609. The van der Waals surface area contributed by atoms with Crippen LogP contribution in [0.4, 0.5) is 0 Å². The zero-order valence-electron chi connectivity index (χ0n) is 11.1. The lowest BCUT2D eigenvalue weighted by Crippen LogP contribution is -2.54. The third-order valence-corrected chi connectivity index (χ3v) is 4.89. The van der Waals surface area contributed by atoms with E-state index in [4.69, 9.17) is 0 Å². The molecule has 3 fully saturated rings. The van der Waals surface area contributed by atoms with Gasteiger partial charge in [0.1, 0.15) is 0 Å². The SMILES string of the molecule is O=C1NCCCC1NC1CCCC1C1CCCN1. The number of hydrogen-bond acceptors (Lipinski definition) is 3. The maximum absolute atomic E-state index is 11.8. The quantitative estimate of drug-likeness (QED) is 0.694. The maximum atomic E-state index is 11.8. The van der Waals surface area contributed by atoms with Gasteiger partial charge in [0.25, 0.3) is 0 Å². The summed E-state index contributed by atoms with van der Waals surface area (Å²) < 4.78 is 0. The van der Waals surface area contributed by atoms with Crippen LogP contribution >= 0.6 is 0 Å². The Labute approximate surface area is 109 Å². The van der Waals surface area contributed by atoms with Gasteiger partial charge in [-0.15, -0.1) is 0 Å². The van der Waals surface area contributed by atoms with Crippen molar-refractivity contribution in [3.05, 3.63) is 0 Å². The molecule has 0 radical (unpaired) electrons. The molecule has 1 aliphatic carbocycles. The third kappa shape index (κ3) is 2.54. The number of rotatable bonds is 3. The molecule has 3 rings (SSSR count). The fourth-order valence-corrected chi connectivity index (χ4v) is 3.94. The summed E-state index contributed by atoms with van der Waals surface area (Å²) in [6.45, 7) is 2.03. The first-order chi connectivity index (χ1) is 8.84.